The van der Waals surface area contributed by atoms with Gasteiger partial charge in [0.05, 0.1) is 11.2 Å². The molecule has 1 fully saturated rings. The van der Waals surface area contributed by atoms with Crippen molar-refractivity contribution in [3.8, 4) is 11.1 Å². The number of hydrogen-bond donors (Lipinski definition) is 0. The number of anilines is 8. The molecular formula is C82H100BN3. The van der Waals surface area contributed by atoms with Gasteiger partial charge in [-0.05, 0) is 228 Å². The van der Waals surface area contributed by atoms with Gasteiger partial charge in [-0.25, -0.2) is 0 Å². The van der Waals surface area contributed by atoms with Gasteiger partial charge in [-0.3, -0.25) is 0 Å². The Hall–Kier alpha value is -6.00. The molecule has 3 nitrogen and oxygen atoms in total. The second-order valence-corrected chi connectivity index (χ2v) is 35.1. The fourth-order valence-electron chi connectivity index (χ4n) is 18.8. The van der Waals surface area contributed by atoms with Crippen LogP contribution in [0.15, 0.2) is 115 Å². The molecule has 7 aromatic rings. The van der Waals surface area contributed by atoms with Gasteiger partial charge in [-0.2, -0.15) is 0 Å². The van der Waals surface area contributed by atoms with Crippen molar-refractivity contribution in [2.45, 2.75) is 257 Å². The average Bonchev–Trinajstić information content (AvgIpc) is 1.12. The summed E-state index contributed by atoms with van der Waals surface area (Å²) in [5.41, 5.74) is 32.0. The highest BCUT2D eigenvalue weighted by molar-refractivity contribution is 7.00. The van der Waals surface area contributed by atoms with Crippen molar-refractivity contribution < 1.29 is 0 Å². The fourth-order valence-corrected chi connectivity index (χ4v) is 18.8. The highest BCUT2D eigenvalue weighted by atomic mass is 15.3. The van der Waals surface area contributed by atoms with E-state index >= 15 is 0 Å². The van der Waals surface area contributed by atoms with Gasteiger partial charge >= 0.3 is 0 Å². The van der Waals surface area contributed by atoms with Crippen molar-refractivity contribution in [3.63, 3.8) is 0 Å². The summed E-state index contributed by atoms with van der Waals surface area (Å²) in [7, 11) is 0. The summed E-state index contributed by atoms with van der Waals surface area (Å²) in [6.45, 7) is 52.3. The van der Waals surface area contributed by atoms with E-state index in [1.165, 1.54) is 161 Å². The van der Waals surface area contributed by atoms with Crippen LogP contribution in [0.25, 0.3) is 11.1 Å². The molecule has 2 atom stereocenters. The number of aryl methyl sites for hydroxylation is 1. The number of fused-ring (bicyclic) bond motifs is 10. The topological polar surface area (TPSA) is 9.72 Å². The van der Waals surface area contributed by atoms with Crippen LogP contribution in [-0.2, 0) is 48.7 Å². The molecule has 0 radical (unpaired) electrons. The molecule has 4 heteroatoms. The van der Waals surface area contributed by atoms with Crippen molar-refractivity contribution in [2.75, 3.05) is 14.7 Å². The van der Waals surface area contributed by atoms with Gasteiger partial charge in [-0.1, -0.05) is 211 Å². The van der Waals surface area contributed by atoms with Crippen LogP contribution < -0.4 is 31.1 Å². The molecular weight excluding hydrogens is 1040 g/mol. The van der Waals surface area contributed by atoms with E-state index in [4.69, 9.17) is 0 Å². The Kier molecular flexibility index (Phi) is 12.1. The number of nitrogens with zero attached hydrogens (tertiary/aromatic N) is 3. The summed E-state index contributed by atoms with van der Waals surface area (Å²) in [6.07, 6.45) is 10.6. The van der Waals surface area contributed by atoms with Crippen LogP contribution in [0.3, 0.4) is 0 Å². The molecule has 14 rings (SSSR count). The van der Waals surface area contributed by atoms with Crippen LogP contribution in [0.2, 0.25) is 0 Å². The minimum Gasteiger partial charge on any atom is -0.334 e. The first-order valence-electron chi connectivity index (χ1n) is 33.5. The molecule has 86 heavy (non-hydrogen) atoms. The van der Waals surface area contributed by atoms with E-state index in [-0.39, 0.29) is 61.0 Å². The summed E-state index contributed by atoms with van der Waals surface area (Å²) < 4.78 is 0. The van der Waals surface area contributed by atoms with E-state index in [2.05, 4.69) is 275 Å². The zero-order valence-corrected chi connectivity index (χ0v) is 56.8. The molecule has 446 valence electrons. The summed E-state index contributed by atoms with van der Waals surface area (Å²) in [4.78, 5) is 8.57. The zero-order valence-electron chi connectivity index (χ0n) is 56.8. The van der Waals surface area contributed by atoms with Gasteiger partial charge in [0, 0.05) is 50.8 Å². The molecule has 2 unspecified atom stereocenters. The Morgan fingerprint density at radius 3 is 1.36 bits per heavy atom. The third kappa shape index (κ3) is 8.17. The van der Waals surface area contributed by atoms with E-state index in [0.29, 0.717) is 0 Å². The lowest BCUT2D eigenvalue weighted by Crippen LogP contribution is -2.62. The summed E-state index contributed by atoms with van der Waals surface area (Å²) in [5, 5.41) is 0. The minimum absolute atomic E-state index is 0.00204. The lowest BCUT2D eigenvalue weighted by atomic mass is 9.33. The van der Waals surface area contributed by atoms with Crippen LogP contribution in [0.5, 0.6) is 0 Å². The van der Waals surface area contributed by atoms with E-state index < -0.39 is 0 Å². The molecule has 0 amide bonds. The second-order valence-electron chi connectivity index (χ2n) is 35.1. The molecule has 0 spiro atoms. The van der Waals surface area contributed by atoms with Crippen molar-refractivity contribution >= 4 is 68.6 Å². The lowest BCUT2D eigenvalue weighted by Gasteiger charge is -2.51. The molecule has 3 aliphatic heterocycles. The Balaban J connectivity index is 1.18. The van der Waals surface area contributed by atoms with Gasteiger partial charge in [0.1, 0.15) is 0 Å². The van der Waals surface area contributed by atoms with Crippen molar-refractivity contribution in [2.24, 2.45) is 0 Å². The SMILES string of the molecule is Cc1cc2c(cc1N1c3cc4c(cc3B3c5cc6c(cc5N(c5ccc(C(C)(C)C)cc5-c5ccccc5)c5cc(N7c8ccc(C(C)(C)C)cc8C8(C)CCCCC78C)cc1c53)C(C)(C)CCC6(C)C)C(C)(C)CC4(C)C)C(C)(C)CCC2(C)C. The van der Waals surface area contributed by atoms with E-state index in [9.17, 15) is 0 Å². The second kappa shape index (κ2) is 18.1. The number of rotatable bonds is 4. The maximum Gasteiger partial charge on any atom is 0.252 e. The molecule has 0 saturated heterocycles. The fraction of sp³-hybridized carbons (Fsp3) is 0.488. The Morgan fingerprint density at radius 1 is 0.384 bits per heavy atom. The highest BCUT2D eigenvalue weighted by Crippen LogP contribution is 2.64. The third-order valence-electron chi connectivity index (χ3n) is 24.3. The predicted molar refractivity (Wildman–Crippen MR) is 372 cm³/mol. The predicted octanol–water partition coefficient (Wildman–Crippen LogP) is 20.7. The van der Waals surface area contributed by atoms with Gasteiger partial charge in [0.15, 0.2) is 0 Å². The molecule has 0 N–H and O–H groups in total. The first-order chi connectivity index (χ1) is 40.0. The highest BCUT2D eigenvalue weighted by Gasteiger charge is 2.59. The smallest absolute Gasteiger partial charge is 0.252 e. The quantitative estimate of drug-likeness (QED) is 0.163. The normalized spacial score (nSPS) is 23.8. The number of hydrogen-bond acceptors (Lipinski definition) is 3. The van der Waals surface area contributed by atoms with E-state index in [1.807, 2.05) is 0 Å². The Labute approximate surface area is 519 Å². The van der Waals surface area contributed by atoms with Gasteiger partial charge in [-0.15, -0.1) is 0 Å². The van der Waals surface area contributed by atoms with Gasteiger partial charge in [0.25, 0.3) is 6.71 Å². The summed E-state index contributed by atoms with van der Waals surface area (Å²) in [5.74, 6) is 0. The first kappa shape index (κ1) is 57.7. The molecule has 0 aromatic heterocycles. The van der Waals surface area contributed by atoms with Crippen molar-refractivity contribution in [3.05, 3.63) is 171 Å². The zero-order chi connectivity index (χ0) is 61.4. The molecule has 1 saturated carbocycles. The van der Waals surface area contributed by atoms with Gasteiger partial charge < -0.3 is 14.7 Å². The molecule has 4 aliphatic carbocycles. The summed E-state index contributed by atoms with van der Waals surface area (Å²) >= 11 is 0. The third-order valence-corrected chi connectivity index (χ3v) is 24.3. The first-order valence-corrected chi connectivity index (χ1v) is 33.5. The standard InChI is InChI=1S/C82H100BN3/c1-50-39-56-59(77(12,13)37-35-75(56,8)9)46-67(50)85-69-48-61-58(79(16,17)49-80(61,18)19)45-64(69)83-63-44-57-60(78(14,15)38-36-76(57,10)11)47-68(63)84(65-31-29-52(73(2,3)4)40-55(65)51-27-23-22-24-28-51)70-42-54(43-71(85)72(70)83)86-66-32-30-53(74(5,6)7)41-62(66)81(20)33-25-26-34-82(81,86)21/h22-24,27-32,39-48H,25-26,33-38,49H2,1-21H3. The molecule has 7 aromatic carbocycles. The summed E-state index contributed by atoms with van der Waals surface area (Å²) in [6, 6.07) is 48.3. The van der Waals surface area contributed by atoms with Crippen molar-refractivity contribution in [1.29, 1.82) is 0 Å². The molecule has 3 heterocycles. The van der Waals surface area contributed by atoms with Crippen LogP contribution in [0.4, 0.5) is 45.5 Å². The van der Waals surface area contributed by atoms with E-state index in [0.717, 1.165) is 25.7 Å². The Morgan fingerprint density at radius 2 is 0.826 bits per heavy atom. The maximum absolute atomic E-state index is 2.90. The van der Waals surface area contributed by atoms with Crippen LogP contribution in [0, 0.1) is 6.92 Å². The monoisotopic (exact) mass is 1140 g/mol. The molecule has 7 aliphatic rings. The minimum atomic E-state index is -0.175. The Bertz CT molecular complexity index is 4020. The largest absolute Gasteiger partial charge is 0.334 e. The van der Waals surface area contributed by atoms with Gasteiger partial charge in [0.2, 0.25) is 0 Å². The van der Waals surface area contributed by atoms with Crippen LogP contribution in [-0.4, -0.2) is 12.3 Å². The lowest BCUT2D eigenvalue weighted by molar-refractivity contribution is 0.195. The average molecular weight is 1140 g/mol. The van der Waals surface area contributed by atoms with Crippen LogP contribution >= 0.6 is 0 Å². The van der Waals surface area contributed by atoms with Crippen LogP contribution in [0.1, 0.15) is 252 Å². The maximum atomic E-state index is 2.90. The van der Waals surface area contributed by atoms with E-state index in [1.54, 1.807) is 0 Å². The number of benzene rings is 7. The molecule has 0 bridgehead atoms. The van der Waals surface area contributed by atoms with Crippen molar-refractivity contribution in [1.82, 2.24) is 0 Å².